The largest absolute Gasteiger partial charge is 0.493 e. The zero-order valence-corrected chi connectivity index (χ0v) is 17.8. The maximum atomic E-state index is 13.4. The van der Waals surface area contributed by atoms with Crippen molar-refractivity contribution in [3.63, 3.8) is 0 Å². The third-order valence-corrected chi connectivity index (χ3v) is 6.06. The molecule has 0 saturated heterocycles. The highest BCUT2D eigenvalue weighted by Gasteiger charge is 2.35. The first-order valence-corrected chi connectivity index (χ1v) is 9.62. The first-order valence-electron chi connectivity index (χ1n) is 8.80. The van der Waals surface area contributed by atoms with E-state index >= 15 is 0 Å². The zero-order valence-electron chi connectivity index (χ0n) is 17.0. The molecule has 30 heavy (non-hydrogen) atoms. The van der Waals surface area contributed by atoms with Gasteiger partial charge in [-0.25, -0.2) is 14.6 Å². The van der Waals surface area contributed by atoms with E-state index in [9.17, 15) is 24.6 Å². The smallest absolute Gasteiger partial charge is 0.346 e. The molecule has 0 aliphatic rings. The highest BCUT2D eigenvalue weighted by molar-refractivity contribution is 7.20. The third kappa shape index (κ3) is 3.18. The van der Waals surface area contributed by atoms with Gasteiger partial charge in [-0.15, -0.1) is 11.3 Å². The molecule has 3 rings (SSSR count). The molecule has 0 unspecified atom stereocenters. The summed E-state index contributed by atoms with van der Waals surface area (Å²) in [6, 6.07) is 4.83. The molecule has 1 aromatic carbocycles. The molecule has 0 bridgehead atoms. The fourth-order valence-electron chi connectivity index (χ4n) is 3.17. The molecule has 10 heteroatoms. The zero-order chi connectivity index (χ0) is 22.4. The number of ether oxygens (including phenoxy) is 2. The molecule has 0 spiro atoms. The van der Waals surface area contributed by atoms with Gasteiger partial charge in [0.15, 0.2) is 11.5 Å². The molecule has 9 nitrogen and oxygen atoms in total. The van der Waals surface area contributed by atoms with E-state index in [1.54, 1.807) is 18.2 Å². The fraction of sp³-hybridized carbons (Fsp3) is 0.300. The van der Waals surface area contributed by atoms with Crippen LogP contribution in [0.2, 0.25) is 0 Å². The second-order valence-electron chi connectivity index (χ2n) is 7.05. The van der Waals surface area contributed by atoms with Crippen molar-refractivity contribution in [2.24, 2.45) is 0 Å². The molecule has 0 aliphatic carbocycles. The lowest BCUT2D eigenvalue weighted by atomic mass is 10.0. The van der Waals surface area contributed by atoms with E-state index in [0.29, 0.717) is 17.1 Å². The second-order valence-corrected chi connectivity index (χ2v) is 8.05. The Morgan fingerprint density at radius 1 is 1.13 bits per heavy atom. The lowest BCUT2D eigenvalue weighted by molar-refractivity contribution is -0.145. The number of hydrogen-bond donors (Lipinski definition) is 2. The molecule has 158 valence electrons. The number of methoxy groups -OCH3 is 2. The van der Waals surface area contributed by atoms with Crippen molar-refractivity contribution in [2.45, 2.75) is 26.3 Å². The SMILES string of the molecule is COc1ccc(-c2nc3sc(C(=O)O)c(C)c3c(=O)n2C(C)(C)C(=O)O)cc1OC. The number of aromatic nitrogens is 2. The Kier molecular flexibility index (Phi) is 5.29. The predicted molar refractivity (Wildman–Crippen MR) is 111 cm³/mol. The first-order chi connectivity index (χ1) is 14.0. The van der Waals surface area contributed by atoms with E-state index in [2.05, 4.69) is 4.98 Å². The van der Waals surface area contributed by atoms with E-state index in [1.807, 2.05) is 0 Å². The Balaban J connectivity index is 2.48. The van der Waals surface area contributed by atoms with Crippen molar-refractivity contribution in [1.82, 2.24) is 9.55 Å². The van der Waals surface area contributed by atoms with Crippen LogP contribution in [0.5, 0.6) is 11.5 Å². The van der Waals surface area contributed by atoms with Gasteiger partial charge in [-0.1, -0.05) is 0 Å². The Bertz CT molecular complexity index is 1240. The van der Waals surface area contributed by atoms with Crippen LogP contribution in [0, 0.1) is 6.92 Å². The molecule has 0 aliphatic heterocycles. The monoisotopic (exact) mass is 432 g/mol. The van der Waals surface area contributed by atoms with Crippen LogP contribution < -0.4 is 15.0 Å². The third-order valence-electron chi connectivity index (χ3n) is 4.88. The number of thiophene rings is 1. The van der Waals surface area contributed by atoms with Crippen molar-refractivity contribution in [3.05, 3.63) is 39.0 Å². The summed E-state index contributed by atoms with van der Waals surface area (Å²) in [5, 5.41) is 19.3. The molecule has 0 radical (unpaired) electrons. The topological polar surface area (TPSA) is 128 Å². The van der Waals surface area contributed by atoms with Crippen molar-refractivity contribution >= 4 is 33.5 Å². The molecule has 0 amide bonds. The fourth-order valence-corrected chi connectivity index (χ4v) is 4.18. The number of carboxylic acid groups (broad SMARTS) is 2. The van der Waals surface area contributed by atoms with Crippen LogP contribution in [0.1, 0.15) is 29.1 Å². The number of rotatable bonds is 6. The number of aromatic carboxylic acids is 1. The number of carboxylic acids is 2. The summed E-state index contributed by atoms with van der Waals surface area (Å²) < 4.78 is 11.6. The van der Waals surface area contributed by atoms with Crippen LogP contribution in [0.15, 0.2) is 23.0 Å². The highest BCUT2D eigenvalue weighted by atomic mass is 32.1. The molecular formula is C20H20N2O7S. The second kappa shape index (κ2) is 7.45. The first kappa shape index (κ1) is 21.3. The van der Waals surface area contributed by atoms with Crippen molar-refractivity contribution < 1.29 is 29.3 Å². The van der Waals surface area contributed by atoms with Gasteiger partial charge in [0.2, 0.25) is 0 Å². The number of nitrogens with zero attached hydrogens (tertiary/aromatic N) is 2. The molecule has 2 heterocycles. The molecular weight excluding hydrogens is 412 g/mol. The molecule has 0 saturated carbocycles. The number of carbonyl (C=O) groups is 2. The van der Waals surface area contributed by atoms with Gasteiger partial charge in [0.1, 0.15) is 21.1 Å². The van der Waals surface area contributed by atoms with Crippen molar-refractivity contribution in [2.75, 3.05) is 14.2 Å². The number of hydrogen-bond acceptors (Lipinski definition) is 7. The average molecular weight is 432 g/mol. The van der Waals surface area contributed by atoms with Gasteiger partial charge in [0, 0.05) is 5.56 Å². The number of aliphatic carboxylic acids is 1. The van der Waals surface area contributed by atoms with Crippen LogP contribution >= 0.6 is 11.3 Å². The summed E-state index contributed by atoms with van der Waals surface area (Å²) >= 11 is 0.873. The summed E-state index contributed by atoms with van der Waals surface area (Å²) in [5.41, 5.74) is -1.60. The summed E-state index contributed by atoms with van der Waals surface area (Å²) in [6.07, 6.45) is 0. The molecule has 0 fully saturated rings. The molecule has 2 N–H and O–H groups in total. The van der Waals surface area contributed by atoms with Crippen LogP contribution in [-0.2, 0) is 10.3 Å². The summed E-state index contributed by atoms with van der Waals surface area (Å²) in [6.45, 7) is 4.28. The minimum Gasteiger partial charge on any atom is -0.493 e. The lowest BCUT2D eigenvalue weighted by Crippen LogP contribution is -2.44. The van der Waals surface area contributed by atoms with Crippen molar-refractivity contribution in [1.29, 1.82) is 0 Å². The lowest BCUT2D eigenvalue weighted by Gasteiger charge is -2.26. The Morgan fingerprint density at radius 2 is 1.77 bits per heavy atom. The van der Waals surface area contributed by atoms with Gasteiger partial charge in [0.25, 0.3) is 5.56 Å². The molecule has 3 aromatic rings. The van der Waals surface area contributed by atoms with Crippen LogP contribution in [-0.4, -0.2) is 45.9 Å². The van der Waals surface area contributed by atoms with Crippen LogP contribution in [0.3, 0.4) is 0 Å². The van der Waals surface area contributed by atoms with E-state index < -0.39 is 23.0 Å². The van der Waals surface area contributed by atoms with E-state index in [1.165, 1.54) is 35.0 Å². The minimum absolute atomic E-state index is 0.0151. The van der Waals surface area contributed by atoms with E-state index in [-0.39, 0.29) is 26.5 Å². The summed E-state index contributed by atoms with van der Waals surface area (Å²) in [5.74, 6) is -1.50. The van der Waals surface area contributed by atoms with E-state index in [4.69, 9.17) is 9.47 Å². The van der Waals surface area contributed by atoms with Gasteiger partial charge in [-0.05, 0) is 44.5 Å². The van der Waals surface area contributed by atoms with Crippen molar-refractivity contribution in [3.8, 4) is 22.9 Å². The van der Waals surface area contributed by atoms with Gasteiger partial charge in [-0.3, -0.25) is 9.36 Å². The Hall–Kier alpha value is -3.40. The Morgan fingerprint density at radius 3 is 2.30 bits per heavy atom. The average Bonchev–Trinajstić information content (AvgIpc) is 3.03. The van der Waals surface area contributed by atoms with E-state index in [0.717, 1.165) is 15.9 Å². The maximum Gasteiger partial charge on any atom is 0.346 e. The number of aryl methyl sites for hydroxylation is 1. The highest BCUT2D eigenvalue weighted by Crippen LogP contribution is 2.35. The standard InChI is InChI=1S/C20H20N2O7S/c1-9-13-16(30-14(9)18(24)25)21-15(22(17(13)23)20(2,3)19(26)27)10-6-7-11(28-4)12(8-10)29-5/h6-8H,1-5H3,(H,24,25)(H,26,27). The van der Waals surface area contributed by atoms with Gasteiger partial charge < -0.3 is 19.7 Å². The summed E-state index contributed by atoms with van der Waals surface area (Å²) in [7, 11) is 2.93. The number of benzene rings is 1. The quantitative estimate of drug-likeness (QED) is 0.608. The molecule has 2 aromatic heterocycles. The van der Waals surface area contributed by atoms with Gasteiger partial charge in [0.05, 0.1) is 19.6 Å². The maximum absolute atomic E-state index is 13.4. The minimum atomic E-state index is -1.65. The number of fused-ring (bicyclic) bond motifs is 1. The Labute approximate surface area is 175 Å². The van der Waals surface area contributed by atoms with Gasteiger partial charge >= 0.3 is 11.9 Å². The van der Waals surface area contributed by atoms with Gasteiger partial charge in [-0.2, -0.15) is 0 Å². The summed E-state index contributed by atoms with van der Waals surface area (Å²) in [4.78, 5) is 41.7. The predicted octanol–water partition coefficient (Wildman–Crippen LogP) is 2.97. The van der Waals surface area contributed by atoms with Crippen LogP contribution in [0.4, 0.5) is 0 Å². The normalized spacial score (nSPS) is 11.5. The molecule has 0 atom stereocenters. The van der Waals surface area contributed by atoms with Crippen LogP contribution in [0.25, 0.3) is 21.6 Å².